The number of amides is 2. The predicted molar refractivity (Wildman–Crippen MR) is 165 cm³/mol. The molecular weight excluding hydrogens is 550 g/mol. The minimum Gasteiger partial charge on any atom is -0.497 e. The molecule has 2 aromatic carbocycles. The van der Waals surface area contributed by atoms with E-state index in [4.69, 9.17) is 4.74 Å². The molecule has 228 valence electrons. The Kier molecular flexibility index (Phi) is 8.88. The molecule has 42 heavy (non-hydrogen) atoms. The first-order valence-corrected chi connectivity index (χ1v) is 17.2. The van der Waals surface area contributed by atoms with E-state index in [2.05, 4.69) is 17.4 Å². The number of hydrogen-bond acceptors (Lipinski definition) is 5. The third-order valence-corrected chi connectivity index (χ3v) is 10.8. The molecule has 8 nitrogen and oxygen atoms in total. The van der Waals surface area contributed by atoms with Gasteiger partial charge < -0.3 is 15.0 Å². The number of sulfonamides is 1. The van der Waals surface area contributed by atoms with Gasteiger partial charge in [0.05, 0.1) is 19.1 Å². The zero-order chi connectivity index (χ0) is 30.1. The molecule has 0 saturated heterocycles. The van der Waals surface area contributed by atoms with Crippen molar-refractivity contribution in [2.75, 3.05) is 30.8 Å². The van der Waals surface area contributed by atoms with Crippen LogP contribution in [0.5, 0.6) is 5.75 Å². The molecule has 0 heterocycles. The van der Waals surface area contributed by atoms with Gasteiger partial charge in [-0.25, -0.2) is 8.42 Å². The van der Waals surface area contributed by atoms with Crippen LogP contribution in [-0.2, 0) is 31.6 Å². The van der Waals surface area contributed by atoms with Crippen molar-refractivity contribution in [2.24, 2.45) is 17.8 Å². The minimum absolute atomic E-state index is 0.147. The number of carbonyl (C=O) groups is 2. The predicted octanol–water partition coefficient (Wildman–Crippen LogP) is 4.87. The van der Waals surface area contributed by atoms with Crippen molar-refractivity contribution >= 4 is 27.5 Å². The van der Waals surface area contributed by atoms with Crippen LogP contribution in [0.1, 0.15) is 69.9 Å². The Morgan fingerprint density at radius 3 is 2.14 bits per heavy atom. The van der Waals surface area contributed by atoms with Crippen LogP contribution in [0.25, 0.3) is 0 Å². The van der Waals surface area contributed by atoms with Crippen LogP contribution >= 0.6 is 0 Å². The van der Waals surface area contributed by atoms with Gasteiger partial charge in [-0.1, -0.05) is 31.2 Å². The van der Waals surface area contributed by atoms with Gasteiger partial charge in [-0.05, 0) is 110 Å². The van der Waals surface area contributed by atoms with Crippen LogP contribution in [0, 0.1) is 17.8 Å². The van der Waals surface area contributed by atoms with Gasteiger partial charge in [-0.3, -0.25) is 13.9 Å². The summed E-state index contributed by atoms with van der Waals surface area (Å²) in [5, 5.41) is 2.83. The maximum atomic E-state index is 13.9. The normalized spacial score (nSPS) is 25.1. The molecule has 2 amide bonds. The van der Waals surface area contributed by atoms with Crippen molar-refractivity contribution in [1.82, 2.24) is 10.2 Å². The fourth-order valence-electron chi connectivity index (χ4n) is 8.24. The van der Waals surface area contributed by atoms with Crippen LogP contribution in [-0.4, -0.2) is 57.6 Å². The summed E-state index contributed by atoms with van der Waals surface area (Å²) in [6.45, 7) is 3.87. The SMILES string of the molecule is CCNC(=O)[C@@H](CC)N(Cc1cccc(OC)c1)C(=O)CN(c1ccc(C23CC4CC(CC(C4)C2)C3)cc1)S(C)(=O)=O. The Balaban J connectivity index is 1.41. The number of nitrogens with one attached hydrogen (secondary N) is 1. The van der Waals surface area contributed by atoms with Gasteiger partial charge in [0, 0.05) is 13.1 Å². The highest BCUT2D eigenvalue weighted by Gasteiger charge is 2.51. The van der Waals surface area contributed by atoms with E-state index in [1.165, 1.54) is 53.3 Å². The molecule has 0 spiro atoms. The van der Waals surface area contributed by atoms with E-state index < -0.39 is 28.5 Å². The maximum Gasteiger partial charge on any atom is 0.244 e. The Morgan fingerprint density at radius 1 is 1.00 bits per heavy atom. The van der Waals surface area contributed by atoms with E-state index in [0.717, 1.165) is 29.6 Å². The van der Waals surface area contributed by atoms with Crippen molar-refractivity contribution in [3.63, 3.8) is 0 Å². The molecule has 0 aromatic heterocycles. The van der Waals surface area contributed by atoms with Gasteiger partial charge >= 0.3 is 0 Å². The summed E-state index contributed by atoms with van der Waals surface area (Å²) in [6, 6.07) is 14.5. The smallest absolute Gasteiger partial charge is 0.244 e. The van der Waals surface area contributed by atoms with E-state index >= 15 is 0 Å². The Hall–Kier alpha value is -3.07. The van der Waals surface area contributed by atoms with Gasteiger partial charge in [0.1, 0.15) is 18.3 Å². The van der Waals surface area contributed by atoms with Crippen molar-refractivity contribution in [1.29, 1.82) is 0 Å². The topological polar surface area (TPSA) is 96.0 Å². The van der Waals surface area contributed by atoms with Crippen LogP contribution in [0.15, 0.2) is 48.5 Å². The van der Waals surface area contributed by atoms with E-state index in [1.54, 1.807) is 7.11 Å². The summed E-state index contributed by atoms with van der Waals surface area (Å²) in [4.78, 5) is 28.5. The third kappa shape index (κ3) is 6.31. The van der Waals surface area contributed by atoms with Crippen LogP contribution in [0.3, 0.4) is 0 Å². The van der Waals surface area contributed by atoms with Crippen molar-refractivity contribution in [3.8, 4) is 5.75 Å². The first kappa shape index (κ1) is 30.4. The third-order valence-electron chi connectivity index (χ3n) is 9.71. The number of benzene rings is 2. The molecule has 0 unspecified atom stereocenters. The number of hydrogen-bond donors (Lipinski definition) is 1. The summed E-state index contributed by atoms with van der Waals surface area (Å²) in [7, 11) is -2.21. The van der Waals surface area contributed by atoms with Crippen LogP contribution in [0.2, 0.25) is 0 Å². The van der Waals surface area contributed by atoms with Crippen LogP contribution in [0.4, 0.5) is 5.69 Å². The number of anilines is 1. The average molecular weight is 596 g/mol. The molecule has 4 aliphatic rings. The van der Waals surface area contributed by atoms with Crippen molar-refractivity contribution in [2.45, 2.75) is 76.8 Å². The van der Waals surface area contributed by atoms with E-state index in [9.17, 15) is 18.0 Å². The number of likely N-dealkylation sites (N-methyl/N-ethyl adjacent to an activating group) is 1. The second kappa shape index (κ2) is 12.3. The van der Waals surface area contributed by atoms with Gasteiger partial charge in [0.2, 0.25) is 21.8 Å². The zero-order valence-corrected chi connectivity index (χ0v) is 26.2. The summed E-state index contributed by atoms with van der Waals surface area (Å²) in [5.74, 6) is 2.38. The molecule has 6 rings (SSSR count). The van der Waals surface area contributed by atoms with Crippen molar-refractivity contribution < 1.29 is 22.7 Å². The lowest BCUT2D eigenvalue weighted by molar-refractivity contribution is -0.140. The standard InChI is InChI=1S/C33H45N3O5S/c1-5-30(32(38)34-6-2)35(21-23-8-7-9-29(17-23)41-3)31(37)22-36(42(4,39)40)28-12-10-27(11-13-28)33-18-24-14-25(19-33)16-26(15-24)20-33/h7-13,17,24-26,30H,5-6,14-16,18-22H2,1-4H3,(H,34,38)/t24?,25?,26?,30-,33?/m1/s1. The first-order chi connectivity index (χ1) is 20.0. The second-order valence-electron chi connectivity index (χ2n) is 12.7. The maximum absolute atomic E-state index is 13.9. The number of carbonyl (C=O) groups excluding carboxylic acids is 2. The Bertz CT molecular complexity index is 1360. The molecule has 1 atom stereocenters. The Morgan fingerprint density at radius 2 is 1.62 bits per heavy atom. The Labute approximate surface area is 250 Å². The van der Waals surface area contributed by atoms with E-state index in [0.29, 0.717) is 24.4 Å². The van der Waals surface area contributed by atoms with Crippen LogP contribution < -0.4 is 14.4 Å². The molecule has 4 aliphatic carbocycles. The van der Waals surface area contributed by atoms with Crippen molar-refractivity contribution in [3.05, 3.63) is 59.7 Å². The zero-order valence-electron chi connectivity index (χ0n) is 25.3. The lowest BCUT2D eigenvalue weighted by Crippen LogP contribution is -2.52. The molecule has 4 bridgehead atoms. The fourth-order valence-corrected chi connectivity index (χ4v) is 9.09. The molecule has 4 saturated carbocycles. The molecule has 1 N–H and O–H groups in total. The van der Waals surface area contributed by atoms with Gasteiger partial charge in [0.15, 0.2) is 0 Å². The van der Waals surface area contributed by atoms with E-state index in [-0.39, 0.29) is 17.9 Å². The molecule has 2 aromatic rings. The molecular formula is C33H45N3O5S. The quantitative estimate of drug-likeness (QED) is 0.378. The fraction of sp³-hybridized carbons (Fsp3) is 0.576. The first-order valence-electron chi connectivity index (χ1n) is 15.3. The summed E-state index contributed by atoms with van der Waals surface area (Å²) in [6.07, 6.45) is 9.28. The van der Waals surface area contributed by atoms with Gasteiger partial charge in [0.25, 0.3) is 0 Å². The highest BCUT2D eigenvalue weighted by Crippen LogP contribution is 2.60. The molecule has 0 radical (unpaired) electrons. The second-order valence-corrected chi connectivity index (χ2v) is 14.6. The highest BCUT2D eigenvalue weighted by atomic mass is 32.2. The number of nitrogens with zero attached hydrogens (tertiary/aromatic N) is 2. The lowest BCUT2D eigenvalue weighted by atomic mass is 9.48. The summed E-state index contributed by atoms with van der Waals surface area (Å²) in [5.41, 5.74) is 2.75. The van der Waals surface area contributed by atoms with Gasteiger partial charge in [-0.15, -0.1) is 0 Å². The monoisotopic (exact) mass is 595 g/mol. The summed E-state index contributed by atoms with van der Waals surface area (Å²) < 4.78 is 32.7. The average Bonchev–Trinajstić information content (AvgIpc) is 2.95. The highest BCUT2D eigenvalue weighted by molar-refractivity contribution is 7.92. The van der Waals surface area contributed by atoms with E-state index in [1.807, 2.05) is 50.2 Å². The molecule has 4 fully saturated rings. The minimum atomic E-state index is -3.79. The van der Waals surface area contributed by atoms with Gasteiger partial charge in [-0.2, -0.15) is 0 Å². The lowest BCUT2D eigenvalue weighted by Gasteiger charge is -2.57. The summed E-state index contributed by atoms with van der Waals surface area (Å²) >= 11 is 0. The number of rotatable bonds is 12. The number of ether oxygens (including phenoxy) is 1. The molecule has 0 aliphatic heterocycles. The molecule has 9 heteroatoms. The largest absolute Gasteiger partial charge is 0.497 e. The number of methoxy groups -OCH3 is 1.